The second kappa shape index (κ2) is 5.40. The molecule has 1 heterocycles. The number of aryl methyl sites for hydroxylation is 1. The third-order valence-electron chi connectivity index (χ3n) is 2.96. The van der Waals surface area contributed by atoms with Crippen molar-refractivity contribution in [2.75, 3.05) is 0 Å². The van der Waals surface area contributed by atoms with Crippen molar-refractivity contribution in [1.29, 1.82) is 0 Å². The maximum atomic E-state index is 12.5. The highest BCUT2D eigenvalue weighted by molar-refractivity contribution is 7.99. The minimum Gasteiger partial charge on any atom is -0.298 e. The molecule has 0 unspecified atom stereocenters. The minimum absolute atomic E-state index is 0.00445. The maximum Gasteiger partial charge on any atom is 0.283 e. The summed E-state index contributed by atoms with van der Waals surface area (Å²) in [5, 5.41) is 14.1. The van der Waals surface area contributed by atoms with Crippen molar-refractivity contribution in [2.24, 2.45) is 0 Å². The van der Waals surface area contributed by atoms with Crippen LogP contribution in [0.3, 0.4) is 0 Å². The molecule has 0 saturated heterocycles. The Labute approximate surface area is 126 Å². The van der Waals surface area contributed by atoms with Crippen molar-refractivity contribution in [3.05, 3.63) is 50.4 Å². The second-order valence-electron chi connectivity index (χ2n) is 5.70. The highest BCUT2D eigenvalue weighted by Gasteiger charge is 2.23. The van der Waals surface area contributed by atoms with Gasteiger partial charge in [-0.3, -0.25) is 20.0 Å². The number of nitro benzene ring substituents is 1. The molecule has 1 N–H and O–H groups in total. The summed E-state index contributed by atoms with van der Waals surface area (Å²) >= 11 is 1.13. The Morgan fingerprint density at radius 1 is 1.29 bits per heavy atom. The summed E-state index contributed by atoms with van der Waals surface area (Å²) in [6, 6.07) is 6.42. The Morgan fingerprint density at radius 3 is 2.43 bits per heavy atom. The van der Waals surface area contributed by atoms with E-state index in [1.165, 1.54) is 6.07 Å². The molecule has 0 atom stereocenters. The van der Waals surface area contributed by atoms with Gasteiger partial charge < -0.3 is 0 Å². The van der Waals surface area contributed by atoms with Crippen molar-refractivity contribution in [2.45, 2.75) is 43.0 Å². The molecule has 0 bridgehead atoms. The van der Waals surface area contributed by atoms with E-state index in [9.17, 15) is 14.9 Å². The average molecular weight is 307 g/mol. The highest BCUT2D eigenvalue weighted by atomic mass is 32.2. The lowest BCUT2D eigenvalue weighted by Gasteiger charge is -2.18. The first-order valence-electron chi connectivity index (χ1n) is 6.45. The normalized spacial score (nSPS) is 11.6. The summed E-state index contributed by atoms with van der Waals surface area (Å²) in [5.74, 6) is 0. The van der Waals surface area contributed by atoms with E-state index in [1.54, 1.807) is 29.8 Å². The fraction of sp³-hybridized carbons (Fsp3) is 0.357. The number of H-pyrrole nitrogens is 1. The molecule has 1 aromatic carbocycles. The summed E-state index contributed by atoms with van der Waals surface area (Å²) in [4.78, 5) is 24.0. The standard InChI is InChI=1S/C14H17N3O3S/c1-9-12(13(18)16(15-9)14(2,3)4)21-11-8-6-5-7-10(11)17(19)20/h5-8,15H,1-4H3. The third kappa shape index (κ3) is 3.02. The van der Waals surface area contributed by atoms with Crippen LogP contribution in [-0.2, 0) is 5.54 Å². The Hall–Kier alpha value is -2.02. The Morgan fingerprint density at radius 2 is 1.90 bits per heavy atom. The lowest BCUT2D eigenvalue weighted by Crippen LogP contribution is -2.32. The number of nitro groups is 1. The van der Waals surface area contributed by atoms with E-state index in [2.05, 4.69) is 5.10 Å². The zero-order chi connectivity index (χ0) is 15.8. The van der Waals surface area contributed by atoms with Crippen LogP contribution in [0.2, 0.25) is 0 Å². The van der Waals surface area contributed by atoms with E-state index in [4.69, 9.17) is 0 Å². The highest BCUT2D eigenvalue weighted by Crippen LogP contribution is 2.34. The molecule has 2 rings (SSSR count). The summed E-state index contributed by atoms with van der Waals surface area (Å²) < 4.78 is 1.54. The van der Waals surface area contributed by atoms with Gasteiger partial charge in [-0.15, -0.1) is 0 Å². The van der Waals surface area contributed by atoms with Crippen LogP contribution >= 0.6 is 11.8 Å². The number of aromatic nitrogens is 2. The molecule has 0 fully saturated rings. The van der Waals surface area contributed by atoms with Crippen LogP contribution in [0.4, 0.5) is 5.69 Å². The quantitative estimate of drug-likeness (QED) is 0.697. The molecule has 0 aliphatic rings. The number of hydrogen-bond acceptors (Lipinski definition) is 4. The van der Waals surface area contributed by atoms with Crippen LogP contribution in [0.1, 0.15) is 26.5 Å². The van der Waals surface area contributed by atoms with E-state index in [0.29, 0.717) is 15.5 Å². The molecule has 0 aliphatic heterocycles. The number of nitrogens with zero attached hydrogens (tertiary/aromatic N) is 2. The van der Waals surface area contributed by atoms with Crippen molar-refractivity contribution in [1.82, 2.24) is 9.78 Å². The number of para-hydroxylation sites is 1. The van der Waals surface area contributed by atoms with E-state index >= 15 is 0 Å². The minimum atomic E-state index is -0.438. The summed E-state index contributed by atoms with van der Waals surface area (Å²) in [5.41, 5.74) is 0.176. The van der Waals surface area contributed by atoms with E-state index < -0.39 is 4.92 Å². The Bertz CT molecular complexity index is 741. The van der Waals surface area contributed by atoms with Gasteiger partial charge in [0.1, 0.15) is 0 Å². The number of aromatic amines is 1. The zero-order valence-corrected chi connectivity index (χ0v) is 13.2. The first kappa shape index (κ1) is 15.4. The predicted octanol–water partition coefficient (Wildman–Crippen LogP) is 3.30. The average Bonchev–Trinajstić information content (AvgIpc) is 2.67. The van der Waals surface area contributed by atoms with Crippen LogP contribution in [0, 0.1) is 17.0 Å². The van der Waals surface area contributed by atoms with Gasteiger partial charge in [0.05, 0.1) is 20.3 Å². The van der Waals surface area contributed by atoms with Crippen LogP contribution < -0.4 is 5.56 Å². The van der Waals surface area contributed by atoms with E-state index in [-0.39, 0.29) is 16.8 Å². The molecule has 21 heavy (non-hydrogen) atoms. The first-order chi connectivity index (χ1) is 9.71. The summed E-state index contributed by atoms with van der Waals surface area (Å²) in [7, 11) is 0. The summed E-state index contributed by atoms with van der Waals surface area (Å²) in [6.07, 6.45) is 0. The lowest BCUT2D eigenvalue weighted by molar-refractivity contribution is -0.387. The van der Waals surface area contributed by atoms with Gasteiger partial charge >= 0.3 is 0 Å². The molecule has 2 aromatic rings. The fourth-order valence-corrected chi connectivity index (χ4v) is 2.92. The van der Waals surface area contributed by atoms with Gasteiger partial charge in [-0.2, -0.15) is 0 Å². The molecule has 0 spiro atoms. The first-order valence-corrected chi connectivity index (χ1v) is 7.27. The smallest absolute Gasteiger partial charge is 0.283 e. The maximum absolute atomic E-state index is 12.5. The molecule has 112 valence electrons. The van der Waals surface area contributed by atoms with Gasteiger partial charge in [-0.05, 0) is 33.8 Å². The SMILES string of the molecule is Cc1[nH]n(C(C)(C)C)c(=O)c1Sc1ccccc1[N+](=O)[O-]. The Balaban J connectivity index is 2.49. The van der Waals surface area contributed by atoms with Crippen molar-refractivity contribution in [3.8, 4) is 0 Å². The number of hydrogen-bond donors (Lipinski definition) is 1. The molecular formula is C14H17N3O3S. The van der Waals surface area contributed by atoms with Crippen LogP contribution in [-0.4, -0.2) is 14.7 Å². The molecule has 7 heteroatoms. The largest absolute Gasteiger partial charge is 0.298 e. The monoisotopic (exact) mass is 307 g/mol. The molecule has 0 saturated carbocycles. The molecule has 0 aliphatic carbocycles. The predicted molar refractivity (Wildman–Crippen MR) is 82.0 cm³/mol. The topological polar surface area (TPSA) is 80.9 Å². The van der Waals surface area contributed by atoms with Crippen LogP contribution in [0.15, 0.2) is 38.9 Å². The molecule has 1 aromatic heterocycles. The van der Waals surface area contributed by atoms with Gasteiger partial charge in [-0.1, -0.05) is 23.9 Å². The molecular weight excluding hydrogens is 290 g/mol. The zero-order valence-electron chi connectivity index (χ0n) is 12.3. The molecule has 6 nitrogen and oxygen atoms in total. The van der Waals surface area contributed by atoms with Gasteiger partial charge in [0.25, 0.3) is 11.2 Å². The van der Waals surface area contributed by atoms with Gasteiger partial charge in [-0.25, -0.2) is 4.68 Å². The Kier molecular flexibility index (Phi) is 3.95. The summed E-state index contributed by atoms with van der Waals surface area (Å²) in [6.45, 7) is 7.55. The van der Waals surface area contributed by atoms with E-state index in [1.807, 2.05) is 20.8 Å². The van der Waals surface area contributed by atoms with Gasteiger partial charge in [0.2, 0.25) is 0 Å². The number of benzene rings is 1. The number of rotatable bonds is 3. The fourth-order valence-electron chi connectivity index (χ4n) is 1.93. The van der Waals surface area contributed by atoms with Crippen molar-refractivity contribution >= 4 is 17.4 Å². The van der Waals surface area contributed by atoms with Crippen molar-refractivity contribution < 1.29 is 4.92 Å². The third-order valence-corrected chi connectivity index (χ3v) is 4.21. The molecule has 0 radical (unpaired) electrons. The van der Waals surface area contributed by atoms with Crippen LogP contribution in [0.5, 0.6) is 0 Å². The van der Waals surface area contributed by atoms with E-state index in [0.717, 1.165) is 11.8 Å². The molecule has 0 amide bonds. The number of nitrogens with one attached hydrogen (secondary N) is 1. The van der Waals surface area contributed by atoms with Crippen LogP contribution in [0.25, 0.3) is 0 Å². The van der Waals surface area contributed by atoms with Gasteiger partial charge in [0, 0.05) is 11.8 Å². The van der Waals surface area contributed by atoms with Gasteiger partial charge in [0.15, 0.2) is 0 Å². The lowest BCUT2D eigenvalue weighted by atomic mass is 10.1. The van der Waals surface area contributed by atoms with Crippen molar-refractivity contribution in [3.63, 3.8) is 0 Å². The second-order valence-corrected chi connectivity index (χ2v) is 6.76.